The van der Waals surface area contributed by atoms with Gasteiger partial charge >= 0.3 is 0 Å². The predicted octanol–water partition coefficient (Wildman–Crippen LogP) is 1.66. The lowest BCUT2D eigenvalue weighted by molar-refractivity contribution is -0.383. The number of aliphatic hydroxyl groups is 1. The number of aliphatic hydroxyl groups excluding tert-OH is 1. The van der Waals surface area contributed by atoms with Crippen molar-refractivity contribution in [3.63, 3.8) is 0 Å². The summed E-state index contributed by atoms with van der Waals surface area (Å²) < 4.78 is 0. The van der Waals surface area contributed by atoms with Crippen molar-refractivity contribution in [2.45, 2.75) is 19.1 Å². The van der Waals surface area contributed by atoms with Crippen LogP contribution < -0.4 is 10.9 Å². The number of β-amino-alcohol motifs (C(OH)–C–C–N with tert-alkyl or cyclic N) is 1. The van der Waals surface area contributed by atoms with Gasteiger partial charge in [0.15, 0.2) is 0 Å². The zero-order valence-corrected chi connectivity index (χ0v) is 15.7. The highest BCUT2D eigenvalue weighted by atomic mass is 16.6. The van der Waals surface area contributed by atoms with Crippen LogP contribution in [0, 0.1) is 10.1 Å². The van der Waals surface area contributed by atoms with Gasteiger partial charge in [-0.05, 0) is 23.6 Å². The molecule has 2 aromatic carbocycles. The number of aromatic amines is 1. The molecule has 0 amide bonds. The molecule has 0 radical (unpaired) electrons. The minimum absolute atomic E-state index is 0.147. The average molecular weight is 395 g/mol. The van der Waals surface area contributed by atoms with Crippen LogP contribution in [0.5, 0.6) is 0 Å². The highest BCUT2D eigenvalue weighted by Gasteiger charge is 2.21. The summed E-state index contributed by atoms with van der Waals surface area (Å²) >= 11 is 0. The molecule has 4 rings (SSSR count). The van der Waals surface area contributed by atoms with E-state index in [0.717, 1.165) is 19.5 Å². The maximum Gasteiger partial charge on any atom is 0.293 e. The van der Waals surface area contributed by atoms with Crippen LogP contribution in [-0.4, -0.2) is 50.6 Å². The Morgan fingerprint density at radius 3 is 2.90 bits per heavy atom. The first kappa shape index (κ1) is 19.0. The molecule has 0 spiro atoms. The molecule has 3 aromatic rings. The highest BCUT2D eigenvalue weighted by molar-refractivity contribution is 5.86. The van der Waals surface area contributed by atoms with E-state index in [-0.39, 0.29) is 23.3 Å². The lowest BCUT2D eigenvalue weighted by atomic mass is 10.00. The summed E-state index contributed by atoms with van der Waals surface area (Å²) in [6, 6.07) is 10.9. The monoisotopic (exact) mass is 395 g/mol. The van der Waals surface area contributed by atoms with Gasteiger partial charge in [0, 0.05) is 32.2 Å². The van der Waals surface area contributed by atoms with Gasteiger partial charge in [-0.3, -0.25) is 19.8 Å². The number of H-pyrrole nitrogens is 1. The Morgan fingerprint density at radius 1 is 1.31 bits per heavy atom. The van der Waals surface area contributed by atoms with Gasteiger partial charge in [0.25, 0.3) is 11.2 Å². The van der Waals surface area contributed by atoms with Gasteiger partial charge in [-0.15, -0.1) is 0 Å². The standard InChI is InChI=1S/C20H21N5O4/c26-15(11-24-6-5-13-3-1-2-4-14(13)10-24)9-21-18-8-17-16(7-19(18)25(28)29)20(27)23-12-22-17/h1-4,7-8,12,15,21,26H,5-6,9-11H2,(H,22,23,27). The SMILES string of the molecule is O=c1[nH]cnc2cc(NCC(O)CN3CCc4ccccc4C3)c([N+](=O)[O-])cc12. The van der Waals surface area contributed by atoms with E-state index in [1.54, 1.807) is 0 Å². The van der Waals surface area contributed by atoms with Crippen molar-refractivity contribution in [3.05, 3.63) is 74.3 Å². The number of anilines is 1. The molecule has 0 fully saturated rings. The van der Waals surface area contributed by atoms with Crippen LogP contribution in [-0.2, 0) is 13.0 Å². The molecule has 9 nitrogen and oxygen atoms in total. The molecular formula is C20H21N5O4. The summed E-state index contributed by atoms with van der Waals surface area (Å²) in [6.45, 7) is 2.24. The van der Waals surface area contributed by atoms with Crippen LogP contribution in [0.1, 0.15) is 11.1 Å². The summed E-state index contributed by atoms with van der Waals surface area (Å²) in [5.74, 6) is 0. The number of nitrogens with zero attached hydrogens (tertiary/aromatic N) is 3. The van der Waals surface area contributed by atoms with Gasteiger partial charge in [0.2, 0.25) is 0 Å². The van der Waals surface area contributed by atoms with Crippen molar-refractivity contribution in [1.82, 2.24) is 14.9 Å². The molecule has 0 bridgehead atoms. The Bertz CT molecular complexity index is 1110. The fourth-order valence-electron chi connectivity index (χ4n) is 3.70. The van der Waals surface area contributed by atoms with Gasteiger partial charge in [0.1, 0.15) is 5.69 Å². The average Bonchev–Trinajstić information content (AvgIpc) is 2.71. The van der Waals surface area contributed by atoms with Crippen LogP contribution in [0.3, 0.4) is 0 Å². The van der Waals surface area contributed by atoms with Crippen LogP contribution in [0.2, 0.25) is 0 Å². The second-order valence-electron chi connectivity index (χ2n) is 7.16. The number of fused-ring (bicyclic) bond motifs is 2. The zero-order chi connectivity index (χ0) is 20.4. The minimum atomic E-state index is -0.706. The molecule has 0 aliphatic carbocycles. The molecule has 2 heterocycles. The highest BCUT2D eigenvalue weighted by Crippen LogP contribution is 2.28. The van der Waals surface area contributed by atoms with Gasteiger partial charge in [-0.25, -0.2) is 4.98 Å². The Balaban J connectivity index is 1.44. The van der Waals surface area contributed by atoms with Gasteiger partial charge in [-0.1, -0.05) is 24.3 Å². The van der Waals surface area contributed by atoms with E-state index in [1.165, 1.54) is 29.6 Å². The van der Waals surface area contributed by atoms with E-state index >= 15 is 0 Å². The second kappa shape index (κ2) is 7.98. The zero-order valence-electron chi connectivity index (χ0n) is 15.7. The number of hydrogen-bond acceptors (Lipinski definition) is 7. The van der Waals surface area contributed by atoms with Crippen LogP contribution in [0.25, 0.3) is 10.9 Å². The summed E-state index contributed by atoms with van der Waals surface area (Å²) in [7, 11) is 0. The van der Waals surface area contributed by atoms with Crippen LogP contribution in [0.4, 0.5) is 11.4 Å². The molecule has 1 atom stereocenters. The lowest BCUT2D eigenvalue weighted by Gasteiger charge is -2.30. The molecule has 29 heavy (non-hydrogen) atoms. The van der Waals surface area contributed by atoms with Crippen molar-refractivity contribution in [2.75, 3.05) is 25.0 Å². The molecule has 9 heteroatoms. The fourth-order valence-corrected chi connectivity index (χ4v) is 3.70. The number of nitrogens with one attached hydrogen (secondary N) is 2. The molecule has 150 valence electrons. The number of hydrogen-bond donors (Lipinski definition) is 3. The first-order valence-corrected chi connectivity index (χ1v) is 9.38. The summed E-state index contributed by atoms with van der Waals surface area (Å²) in [6.07, 6.45) is 1.48. The number of benzene rings is 2. The molecule has 1 aromatic heterocycles. The van der Waals surface area contributed by atoms with Gasteiger partial charge in [-0.2, -0.15) is 0 Å². The van der Waals surface area contributed by atoms with Crippen molar-refractivity contribution < 1.29 is 10.0 Å². The Morgan fingerprint density at radius 2 is 2.10 bits per heavy atom. The maximum absolute atomic E-state index is 11.9. The summed E-state index contributed by atoms with van der Waals surface area (Å²) in [5.41, 5.74) is 2.52. The quantitative estimate of drug-likeness (QED) is 0.428. The fraction of sp³-hybridized carbons (Fsp3) is 0.300. The van der Waals surface area contributed by atoms with E-state index < -0.39 is 16.6 Å². The molecule has 1 aliphatic rings. The van der Waals surface area contributed by atoms with Crippen molar-refractivity contribution in [1.29, 1.82) is 0 Å². The Kier molecular flexibility index (Phi) is 5.24. The van der Waals surface area contributed by atoms with Crippen LogP contribution in [0.15, 0.2) is 47.5 Å². The number of aromatic nitrogens is 2. The molecule has 1 unspecified atom stereocenters. The molecular weight excluding hydrogens is 374 g/mol. The van der Waals surface area contributed by atoms with E-state index in [1.807, 2.05) is 12.1 Å². The molecule has 1 aliphatic heterocycles. The molecule has 0 saturated carbocycles. The smallest absolute Gasteiger partial charge is 0.293 e. The molecule has 3 N–H and O–H groups in total. The predicted molar refractivity (Wildman–Crippen MR) is 109 cm³/mol. The van der Waals surface area contributed by atoms with Gasteiger partial charge in [0.05, 0.1) is 28.3 Å². The first-order valence-electron chi connectivity index (χ1n) is 9.38. The lowest BCUT2D eigenvalue weighted by Crippen LogP contribution is -2.39. The van der Waals surface area contributed by atoms with Crippen molar-refractivity contribution in [2.24, 2.45) is 0 Å². The largest absolute Gasteiger partial charge is 0.390 e. The van der Waals surface area contributed by atoms with E-state index in [2.05, 4.69) is 32.3 Å². The third-order valence-corrected chi connectivity index (χ3v) is 5.16. The summed E-state index contributed by atoms with van der Waals surface area (Å²) in [4.78, 5) is 31.4. The third-order valence-electron chi connectivity index (χ3n) is 5.16. The van der Waals surface area contributed by atoms with E-state index in [9.17, 15) is 20.0 Å². The van der Waals surface area contributed by atoms with Gasteiger partial charge < -0.3 is 15.4 Å². The Labute approximate surface area is 166 Å². The minimum Gasteiger partial charge on any atom is -0.390 e. The normalized spacial score (nSPS) is 15.1. The van der Waals surface area contributed by atoms with Crippen molar-refractivity contribution in [3.8, 4) is 0 Å². The van der Waals surface area contributed by atoms with Crippen LogP contribution >= 0.6 is 0 Å². The first-order chi connectivity index (χ1) is 14.0. The Hall–Kier alpha value is -3.30. The van der Waals surface area contributed by atoms with Crippen molar-refractivity contribution >= 4 is 22.3 Å². The number of rotatable bonds is 6. The third kappa shape index (κ3) is 4.10. The summed E-state index contributed by atoms with van der Waals surface area (Å²) in [5, 5.41) is 25.0. The number of nitro benzene ring substituents is 1. The number of nitro groups is 1. The topological polar surface area (TPSA) is 124 Å². The maximum atomic E-state index is 11.9. The molecule has 0 saturated heterocycles. The van der Waals surface area contributed by atoms with E-state index in [4.69, 9.17) is 0 Å². The van der Waals surface area contributed by atoms with E-state index in [0.29, 0.717) is 12.1 Å². The second-order valence-corrected chi connectivity index (χ2v) is 7.16.